The maximum Gasteiger partial charge on any atom is 0.416 e. The van der Waals surface area contributed by atoms with Crippen molar-refractivity contribution in [2.45, 2.75) is 6.18 Å². The van der Waals surface area contributed by atoms with E-state index < -0.39 is 11.7 Å². The minimum atomic E-state index is -4.62. The number of aromatic nitrogens is 2. The van der Waals surface area contributed by atoms with Crippen LogP contribution in [0.15, 0.2) is 36.4 Å². The highest BCUT2D eigenvalue weighted by atomic mass is 35.5. The van der Waals surface area contributed by atoms with Crippen LogP contribution >= 0.6 is 34.8 Å². The van der Waals surface area contributed by atoms with Crippen LogP contribution in [0.1, 0.15) is 11.3 Å². The Morgan fingerprint density at radius 2 is 1.63 bits per heavy atom. The van der Waals surface area contributed by atoms with Gasteiger partial charge in [0, 0.05) is 10.6 Å². The average Bonchev–Trinajstić information content (AvgIpc) is 2.90. The van der Waals surface area contributed by atoms with E-state index in [9.17, 15) is 18.4 Å². The van der Waals surface area contributed by atoms with Crippen LogP contribution in [0.5, 0.6) is 0 Å². The van der Waals surface area contributed by atoms with Gasteiger partial charge in [-0.2, -0.15) is 23.5 Å². The fourth-order valence-electron chi connectivity index (χ4n) is 2.54. The number of nitrogen functional groups attached to an aromatic ring is 1. The minimum Gasteiger partial charge on any atom is -0.383 e. The molecule has 0 aliphatic carbocycles. The minimum absolute atomic E-state index is 0.0387. The Balaban J connectivity index is 2.27. The molecule has 0 amide bonds. The van der Waals surface area contributed by atoms with E-state index >= 15 is 0 Å². The van der Waals surface area contributed by atoms with Crippen molar-refractivity contribution < 1.29 is 13.2 Å². The lowest BCUT2D eigenvalue weighted by atomic mass is 10.1. The largest absolute Gasteiger partial charge is 0.416 e. The van der Waals surface area contributed by atoms with E-state index in [2.05, 4.69) is 5.10 Å². The first kappa shape index (κ1) is 19.4. The summed E-state index contributed by atoms with van der Waals surface area (Å²) < 4.78 is 39.8. The van der Waals surface area contributed by atoms with Crippen LogP contribution in [0, 0.1) is 11.3 Å². The van der Waals surface area contributed by atoms with E-state index in [1.165, 1.54) is 0 Å². The fraction of sp³-hybridized carbons (Fsp3) is 0.0588. The summed E-state index contributed by atoms with van der Waals surface area (Å²) in [6, 6.07) is 9.94. The van der Waals surface area contributed by atoms with Crippen LogP contribution < -0.4 is 5.73 Å². The van der Waals surface area contributed by atoms with E-state index in [4.69, 9.17) is 40.5 Å². The first-order chi connectivity index (χ1) is 12.6. The van der Waals surface area contributed by atoms with Gasteiger partial charge in [-0.1, -0.05) is 53.0 Å². The third-order valence-electron chi connectivity index (χ3n) is 3.73. The summed E-state index contributed by atoms with van der Waals surface area (Å²) in [6.07, 6.45) is -4.62. The van der Waals surface area contributed by atoms with Crippen molar-refractivity contribution in [3.8, 4) is 22.9 Å². The number of anilines is 1. The molecule has 0 atom stereocenters. The number of nitriles is 1. The smallest absolute Gasteiger partial charge is 0.383 e. The van der Waals surface area contributed by atoms with Crippen molar-refractivity contribution in [1.29, 1.82) is 5.26 Å². The van der Waals surface area contributed by atoms with Crippen molar-refractivity contribution in [2.75, 3.05) is 5.73 Å². The number of hydrogen-bond acceptors (Lipinski definition) is 3. The second-order valence-corrected chi connectivity index (χ2v) is 6.62. The Kier molecular flexibility index (Phi) is 5.00. The molecule has 10 heteroatoms. The summed E-state index contributed by atoms with van der Waals surface area (Å²) in [5, 5.41) is 13.1. The number of alkyl halides is 3. The lowest BCUT2D eigenvalue weighted by Crippen LogP contribution is -2.08. The van der Waals surface area contributed by atoms with E-state index in [1.54, 1.807) is 24.3 Å². The van der Waals surface area contributed by atoms with Gasteiger partial charge in [-0.15, -0.1) is 0 Å². The van der Waals surface area contributed by atoms with Gasteiger partial charge >= 0.3 is 6.18 Å². The molecular weight excluding hydrogens is 424 g/mol. The predicted molar refractivity (Wildman–Crippen MR) is 98.2 cm³/mol. The number of nitrogens with two attached hydrogens (primary N) is 1. The van der Waals surface area contributed by atoms with Gasteiger partial charge in [-0.3, -0.25) is 0 Å². The predicted octanol–water partition coefficient (Wildman–Crippen LogP) is 5.97. The second kappa shape index (κ2) is 6.97. The van der Waals surface area contributed by atoms with Crippen LogP contribution in [0.3, 0.4) is 0 Å². The SMILES string of the molecule is N#Cc1nn(-c2c(Cl)cc(C(F)(F)F)cc2Cl)c(N)c1-c1ccccc1Cl. The molecule has 27 heavy (non-hydrogen) atoms. The highest BCUT2D eigenvalue weighted by molar-refractivity contribution is 6.38. The third-order valence-corrected chi connectivity index (χ3v) is 4.63. The van der Waals surface area contributed by atoms with Crippen LogP contribution in [-0.2, 0) is 6.18 Å². The number of rotatable bonds is 2. The molecule has 138 valence electrons. The van der Waals surface area contributed by atoms with Gasteiger partial charge in [-0.25, -0.2) is 4.68 Å². The van der Waals surface area contributed by atoms with Crippen LogP contribution in [-0.4, -0.2) is 9.78 Å². The summed E-state index contributed by atoms with van der Waals surface area (Å²) in [4.78, 5) is 0. The maximum atomic E-state index is 12.9. The second-order valence-electron chi connectivity index (χ2n) is 5.40. The summed E-state index contributed by atoms with van der Waals surface area (Å²) in [6.45, 7) is 0. The molecule has 0 aliphatic heterocycles. The Morgan fingerprint density at radius 3 is 2.15 bits per heavy atom. The molecule has 0 bridgehead atoms. The molecule has 0 unspecified atom stereocenters. The summed E-state index contributed by atoms with van der Waals surface area (Å²) >= 11 is 18.2. The standard InChI is InChI=1S/C17H8Cl3F3N4/c18-10-4-2-1-3-9(10)14-13(7-24)26-27(16(14)25)15-11(19)5-8(6-12(15)20)17(21,22)23/h1-6H,25H2. The molecule has 0 saturated heterocycles. The molecule has 0 radical (unpaired) electrons. The molecular formula is C17H8Cl3F3N4. The van der Waals surface area contributed by atoms with Gasteiger partial charge in [-0.05, 0) is 18.2 Å². The molecule has 3 aromatic rings. The zero-order chi connectivity index (χ0) is 19.9. The van der Waals surface area contributed by atoms with Crippen LogP contribution in [0.25, 0.3) is 16.8 Å². The van der Waals surface area contributed by atoms with Gasteiger partial charge in [0.1, 0.15) is 17.6 Å². The number of nitrogens with zero attached hydrogens (tertiary/aromatic N) is 3. The molecule has 1 aromatic heterocycles. The third kappa shape index (κ3) is 3.44. The first-order valence-electron chi connectivity index (χ1n) is 7.25. The van der Waals surface area contributed by atoms with Crippen molar-refractivity contribution in [3.63, 3.8) is 0 Å². The molecule has 0 fully saturated rings. The van der Waals surface area contributed by atoms with Crippen molar-refractivity contribution in [2.24, 2.45) is 0 Å². The number of hydrogen-bond donors (Lipinski definition) is 1. The normalized spacial score (nSPS) is 11.4. The Hall–Kier alpha value is -2.40. The maximum absolute atomic E-state index is 12.9. The number of benzene rings is 2. The lowest BCUT2D eigenvalue weighted by Gasteiger charge is -2.13. The summed E-state index contributed by atoms with van der Waals surface area (Å²) in [5.41, 5.74) is 5.64. The zero-order valence-electron chi connectivity index (χ0n) is 13.2. The molecule has 0 saturated carbocycles. The van der Waals surface area contributed by atoms with Crippen LogP contribution in [0.4, 0.5) is 19.0 Å². The van der Waals surface area contributed by atoms with Crippen molar-refractivity contribution in [3.05, 3.63) is 62.7 Å². The van der Waals surface area contributed by atoms with E-state index in [1.807, 2.05) is 6.07 Å². The molecule has 3 rings (SSSR count). The molecule has 0 spiro atoms. The first-order valence-corrected chi connectivity index (χ1v) is 8.38. The van der Waals surface area contributed by atoms with Crippen LogP contribution in [0.2, 0.25) is 15.1 Å². The van der Waals surface area contributed by atoms with Gasteiger partial charge in [0.15, 0.2) is 5.69 Å². The Morgan fingerprint density at radius 1 is 1.04 bits per heavy atom. The van der Waals surface area contributed by atoms with Crippen molar-refractivity contribution in [1.82, 2.24) is 9.78 Å². The van der Waals surface area contributed by atoms with Gasteiger partial charge in [0.2, 0.25) is 0 Å². The average molecular weight is 432 g/mol. The fourth-order valence-corrected chi connectivity index (χ4v) is 3.42. The molecule has 2 aromatic carbocycles. The monoisotopic (exact) mass is 430 g/mol. The molecule has 1 heterocycles. The molecule has 4 nitrogen and oxygen atoms in total. The Bertz CT molecular complexity index is 1060. The summed E-state index contributed by atoms with van der Waals surface area (Å²) in [7, 11) is 0. The van der Waals surface area contributed by atoms with E-state index in [0.29, 0.717) is 22.7 Å². The van der Waals surface area contributed by atoms with Gasteiger partial charge in [0.05, 0.1) is 21.2 Å². The quantitative estimate of drug-likeness (QED) is 0.543. The van der Waals surface area contributed by atoms with Gasteiger partial charge < -0.3 is 5.73 Å². The zero-order valence-corrected chi connectivity index (χ0v) is 15.4. The lowest BCUT2D eigenvalue weighted by molar-refractivity contribution is -0.137. The number of halogens is 6. The van der Waals surface area contributed by atoms with Gasteiger partial charge in [0.25, 0.3) is 0 Å². The summed E-state index contributed by atoms with van der Waals surface area (Å²) in [5.74, 6) is -0.0387. The molecule has 0 aliphatic rings. The highest BCUT2D eigenvalue weighted by Gasteiger charge is 2.33. The van der Waals surface area contributed by atoms with Crippen molar-refractivity contribution >= 4 is 40.6 Å². The molecule has 2 N–H and O–H groups in total. The van der Waals surface area contributed by atoms with E-state index in [0.717, 1.165) is 4.68 Å². The topological polar surface area (TPSA) is 67.6 Å². The van der Waals surface area contributed by atoms with E-state index in [-0.39, 0.29) is 32.8 Å². The highest BCUT2D eigenvalue weighted by Crippen LogP contribution is 2.41. The Labute approximate surface area is 166 Å².